The van der Waals surface area contributed by atoms with Gasteiger partial charge in [0.05, 0.1) is 0 Å². The molecule has 0 saturated carbocycles. The van der Waals surface area contributed by atoms with Crippen molar-refractivity contribution in [1.82, 2.24) is 0 Å². The van der Waals surface area contributed by atoms with Crippen LogP contribution in [0.25, 0.3) is 0 Å². The van der Waals surface area contributed by atoms with E-state index in [1.807, 2.05) is 6.07 Å². The number of rotatable bonds is 5. The number of hydrogen-bond donors (Lipinski definition) is 1. The third-order valence-corrected chi connectivity index (χ3v) is 3.54. The first-order valence-corrected chi connectivity index (χ1v) is 7.14. The van der Waals surface area contributed by atoms with Gasteiger partial charge in [0.15, 0.2) is 0 Å². The summed E-state index contributed by atoms with van der Waals surface area (Å²) >= 11 is 6.22. The zero-order valence-corrected chi connectivity index (χ0v) is 12.3. The highest BCUT2D eigenvalue weighted by Crippen LogP contribution is 2.19. The van der Waals surface area contributed by atoms with Gasteiger partial charge in [-0.15, -0.1) is 0 Å². The van der Waals surface area contributed by atoms with Gasteiger partial charge in [0, 0.05) is 17.3 Å². The zero-order valence-electron chi connectivity index (χ0n) is 11.5. The second kappa shape index (κ2) is 6.63. The molecule has 0 spiro atoms. The van der Waals surface area contributed by atoms with Gasteiger partial charge in [0.2, 0.25) is 0 Å². The Morgan fingerprint density at radius 3 is 2.42 bits per heavy atom. The molecular formula is C17H20ClN. The predicted molar refractivity (Wildman–Crippen MR) is 84.0 cm³/mol. The molecule has 0 aliphatic heterocycles. The summed E-state index contributed by atoms with van der Waals surface area (Å²) in [6, 6.07) is 14.8. The van der Waals surface area contributed by atoms with Gasteiger partial charge in [0.1, 0.15) is 0 Å². The number of aryl methyl sites for hydroxylation is 2. The highest BCUT2D eigenvalue weighted by Gasteiger charge is 2.00. The van der Waals surface area contributed by atoms with Gasteiger partial charge >= 0.3 is 0 Å². The maximum atomic E-state index is 6.22. The van der Waals surface area contributed by atoms with E-state index in [1.54, 1.807) is 0 Å². The molecule has 2 heteroatoms. The van der Waals surface area contributed by atoms with Gasteiger partial charge < -0.3 is 5.32 Å². The van der Waals surface area contributed by atoms with Crippen molar-refractivity contribution in [2.24, 2.45) is 0 Å². The Kier molecular flexibility index (Phi) is 4.86. The van der Waals surface area contributed by atoms with Crippen LogP contribution >= 0.6 is 11.6 Å². The summed E-state index contributed by atoms with van der Waals surface area (Å²) in [7, 11) is 0. The molecule has 2 aromatic carbocycles. The molecule has 0 fully saturated rings. The Labute approximate surface area is 120 Å². The van der Waals surface area contributed by atoms with E-state index >= 15 is 0 Å². The standard InChI is InChI=1S/C17H20ClN/c1-3-4-14-6-9-16(10-7-14)19-12-15-8-5-13(2)11-17(15)18/h5-11,19H,3-4,12H2,1-2H3. The number of anilines is 1. The van der Waals surface area contributed by atoms with Crippen LogP contribution in [0.3, 0.4) is 0 Å². The monoisotopic (exact) mass is 273 g/mol. The molecule has 2 rings (SSSR count). The molecule has 0 aromatic heterocycles. The second-order valence-corrected chi connectivity index (χ2v) is 5.30. The predicted octanol–water partition coefficient (Wildman–Crippen LogP) is 5.21. The van der Waals surface area contributed by atoms with Gasteiger partial charge in [-0.1, -0.05) is 49.2 Å². The lowest BCUT2D eigenvalue weighted by Crippen LogP contribution is -2.00. The Morgan fingerprint density at radius 1 is 1.05 bits per heavy atom. The highest BCUT2D eigenvalue weighted by atomic mass is 35.5. The van der Waals surface area contributed by atoms with E-state index < -0.39 is 0 Å². The van der Waals surface area contributed by atoms with Crippen molar-refractivity contribution in [2.75, 3.05) is 5.32 Å². The van der Waals surface area contributed by atoms with Crippen LogP contribution in [0.1, 0.15) is 30.0 Å². The molecule has 1 nitrogen and oxygen atoms in total. The molecule has 0 atom stereocenters. The second-order valence-electron chi connectivity index (χ2n) is 4.90. The molecule has 0 heterocycles. The Bertz CT molecular complexity index is 531. The average molecular weight is 274 g/mol. The Balaban J connectivity index is 1.98. The van der Waals surface area contributed by atoms with E-state index in [0.717, 1.165) is 29.2 Å². The molecule has 19 heavy (non-hydrogen) atoms. The highest BCUT2D eigenvalue weighted by molar-refractivity contribution is 6.31. The lowest BCUT2D eigenvalue weighted by atomic mass is 10.1. The average Bonchev–Trinajstić information content (AvgIpc) is 2.40. The lowest BCUT2D eigenvalue weighted by Gasteiger charge is -2.09. The maximum Gasteiger partial charge on any atom is 0.0458 e. The van der Waals surface area contributed by atoms with Gasteiger partial charge in [-0.05, 0) is 48.2 Å². The molecule has 1 N–H and O–H groups in total. The molecule has 0 radical (unpaired) electrons. The van der Waals surface area contributed by atoms with Gasteiger partial charge in [-0.2, -0.15) is 0 Å². The number of benzene rings is 2. The van der Waals surface area contributed by atoms with Gasteiger partial charge in [-0.3, -0.25) is 0 Å². The van der Waals surface area contributed by atoms with Crippen molar-refractivity contribution in [2.45, 2.75) is 33.2 Å². The Morgan fingerprint density at radius 2 is 1.79 bits per heavy atom. The van der Waals surface area contributed by atoms with Crippen molar-refractivity contribution < 1.29 is 0 Å². The van der Waals surface area contributed by atoms with E-state index in [9.17, 15) is 0 Å². The molecule has 0 amide bonds. The Hall–Kier alpha value is -1.47. The summed E-state index contributed by atoms with van der Waals surface area (Å²) in [4.78, 5) is 0. The molecular weight excluding hydrogens is 254 g/mol. The van der Waals surface area contributed by atoms with E-state index in [-0.39, 0.29) is 0 Å². The van der Waals surface area contributed by atoms with Crippen molar-refractivity contribution in [1.29, 1.82) is 0 Å². The first kappa shape index (κ1) is 14.0. The molecule has 0 aliphatic rings. The van der Waals surface area contributed by atoms with Crippen molar-refractivity contribution in [3.8, 4) is 0 Å². The van der Waals surface area contributed by atoms with Crippen LogP contribution < -0.4 is 5.32 Å². The topological polar surface area (TPSA) is 12.0 Å². The van der Waals surface area contributed by atoms with Crippen LogP contribution in [-0.4, -0.2) is 0 Å². The van der Waals surface area contributed by atoms with Crippen molar-refractivity contribution in [3.63, 3.8) is 0 Å². The van der Waals surface area contributed by atoms with Crippen LogP contribution in [0.2, 0.25) is 5.02 Å². The van der Waals surface area contributed by atoms with Gasteiger partial charge in [-0.25, -0.2) is 0 Å². The van der Waals surface area contributed by atoms with Crippen LogP contribution in [0, 0.1) is 6.92 Å². The lowest BCUT2D eigenvalue weighted by molar-refractivity contribution is 0.922. The third kappa shape index (κ3) is 4.00. The van der Waals surface area contributed by atoms with Gasteiger partial charge in [0.25, 0.3) is 0 Å². The largest absolute Gasteiger partial charge is 0.381 e. The molecule has 0 aliphatic carbocycles. The van der Waals surface area contributed by atoms with E-state index in [4.69, 9.17) is 11.6 Å². The molecule has 0 bridgehead atoms. The smallest absolute Gasteiger partial charge is 0.0458 e. The molecule has 2 aromatic rings. The molecule has 100 valence electrons. The van der Waals surface area contributed by atoms with E-state index in [2.05, 4.69) is 55.6 Å². The fourth-order valence-corrected chi connectivity index (χ4v) is 2.37. The summed E-state index contributed by atoms with van der Waals surface area (Å²) in [5.74, 6) is 0. The SMILES string of the molecule is CCCc1ccc(NCc2ccc(C)cc2Cl)cc1. The van der Waals surface area contributed by atoms with Crippen molar-refractivity contribution in [3.05, 3.63) is 64.2 Å². The van der Waals surface area contributed by atoms with Crippen molar-refractivity contribution >= 4 is 17.3 Å². The minimum Gasteiger partial charge on any atom is -0.381 e. The number of nitrogens with one attached hydrogen (secondary N) is 1. The molecule has 0 saturated heterocycles. The first-order chi connectivity index (χ1) is 9.19. The van der Waals surface area contributed by atoms with E-state index in [1.165, 1.54) is 17.5 Å². The zero-order chi connectivity index (χ0) is 13.7. The first-order valence-electron chi connectivity index (χ1n) is 6.77. The fourth-order valence-electron chi connectivity index (χ4n) is 2.07. The van der Waals surface area contributed by atoms with Crippen LogP contribution in [0.15, 0.2) is 42.5 Å². The minimum atomic E-state index is 0.756. The minimum absolute atomic E-state index is 0.756. The molecule has 0 unspecified atom stereocenters. The van der Waals surface area contributed by atoms with Crippen LogP contribution in [0.5, 0.6) is 0 Å². The number of halogens is 1. The van der Waals surface area contributed by atoms with Crippen LogP contribution in [-0.2, 0) is 13.0 Å². The third-order valence-electron chi connectivity index (χ3n) is 3.18. The van der Waals surface area contributed by atoms with Crippen LogP contribution in [0.4, 0.5) is 5.69 Å². The summed E-state index contributed by atoms with van der Waals surface area (Å²) in [6.45, 7) is 5.01. The fraction of sp³-hybridized carbons (Fsp3) is 0.294. The summed E-state index contributed by atoms with van der Waals surface area (Å²) < 4.78 is 0. The number of hydrogen-bond acceptors (Lipinski definition) is 1. The summed E-state index contributed by atoms with van der Waals surface area (Å²) in [5, 5.41) is 4.23. The quantitative estimate of drug-likeness (QED) is 0.788. The summed E-state index contributed by atoms with van der Waals surface area (Å²) in [5.41, 5.74) is 4.85. The normalized spacial score (nSPS) is 10.5. The summed E-state index contributed by atoms with van der Waals surface area (Å²) in [6.07, 6.45) is 2.33. The van der Waals surface area contributed by atoms with E-state index in [0.29, 0.717) is 0 Å². The maximum absolute atomic E-state index is 6.22.